The molecule has 2 N–H and O–H groups in total. The average molecular weight is 460 g/mol. The average Bonchev–Trinajstić information content (AvgIpc) is 3.19. The van der Waals surface area contributed by atoms with Crippen LogP contribution in [0.25, 0.3) is 21.9 Å². The van der Waals surface area contributed by atoms with Crippen molar-refractivity contribution < 1.29 is 9.52 Å². The van der Waals surface area contributed by atoms with Gasteiger partial charge in [0.2, 0.25) is 11.7 Å². The predicted molar refractivity (Wildman–Crippen MR) is 137 cm³/mol. The third kappa shape index (κ3) is 5.65. The lowest BCUT2D eigenvalue weighted by molar-refractivity contribution is -0.575. The molecule has 0 aliphatic rings. The molecule has 0 saturated heterocycles. The van der Waals surface area contributed by atoms with Gasteiger partial charge < -0.3 is 20.4 Å². The van der Waals surface area contributed by atoms with Crippen molar-refractivity contribution in [3.05, 3.63) is 71.8 Å². The SMILES string of the molecule is CCCCCCc1nc2c[n+]([O-])c3ccccc3c2n1CCCCNC(=O)Nc1ccccc1. The van der Waals surface area contributed by atoms with Crippen LogP contribution in [0.3, 0.4) is 0 Å². The predicted octanol–water partition coefficient (Wildman–Crippen LogP) is 5.55. The highest BCUT2D eigenvalue weighted by molar-refractivity contribution is 6.00. The van der Waals surface area contributed by atoms with Crippen molar-refractivity contribution in [3.63, 3.8) is 0 Å². The summed E-state index contributed by atoms with van der Waals surface area (Å²) in [5, 5.41) is 19.2. The maximum absolute atomic E-state index is 12.5. The number of aromatic nitrogens is 3. The highest BCUT2D eigenvalue weighted by atomic mass is 16.5. The Morgan fingerprint density at radius 2 is 1.79 bits per heavy atom. The van der Waals surface area contributed by atoms with E-state index in [0.29, 0.717) is 12.1 Å². The number of carbonyl (C=O) groups excluding carboxylic acids is 1. The van der Waals surface area contributed by atoms with Crippen LogP contribution in [0.2, 0.25) is 0 Å². The smallest absolute Gasteiger partial charge is 0.319 e. The standard InChI is InChI=1S/C27H33N5O2/c1-2-3-4-8-17-25-30-23-20-32(34)24-16-10-9-15-22(24)26(23)31(25)19-12-11-18-28-27(33)29-21-13-6-5-7-14-21/h5-7,9-10,13-16,20H,2-4,8,11-12,17-19H2,1H3,(H2,28,29,33). The first-order valence-corrected chi connectivity index (χ1v) is 12.3. The molecular weight excluding hydrogens is 426 g/mol. The monoisotopic (exact) mass is 459 g/mol. The summed E-state index contributed by atoms with van der Waals surface area (Å²) in [6.07, 6.45) is 8.94. The number of nitrogens with one attached hydrogen (secondary N) is 2. The number of nitrogens with zero attached hydrogens (tertiary/aromatic N) is 3. The van der Waals surface area contributed by atoms with Crippen molar-refractivity contribution in [2.45, 2.75) is 58.4 Å². The number of hydrogen-bond acceptors (Lipinski definition) is 3. The quantitative estimate of drug-likeness (QED) is 0.175. The number of imidazole rings is 1. The van der Waals surface area contributed by atoms with Crippen LogP contribution in [-0.2, 0) is 13.0 Å². The van der Waals surface area contributed by atoms with Crippen molar-refractivity contribution in [2.24, 2.45) is 0 Å². The van der Waals surface area contributed by atoms with E-state index in [1.165, 1.54) is 19.3 Å². The zero-order chi connectivity index (χ0) is 23.8. The number of rotatable bonds is 11. The Balaban J connectivity index is 1.44. The summed E-state index contributed by atoms with van der Waals surface area (Å²) in [6, 6.07) is 16.9. The lowest BCUT2D eigenvalue weighted by Crippen LogP contribution is -2.29. The van der Waals surface area contributed by atoms with E-state index in [4.69, 9.17) is 4.98 Å². The topological polar surface area (TPSA) is 85.9 Å². The molecule has 2 amide bonds. The number of urea groups is 1. The molecule has 2 aromatic carbocycles. The lowest BCUT2D eigenvalue weighted by atomic mass is 10.1. The fourth-order valence-electron chi connectivity index (χ4n) is 4.37. The highest BCUT2D eigenvalue weighted by Crippen LogP contribution is 2.25. The molecule has 2 heterocycles. The number of pyridine rings is 1. The molecule has 0 aliphatic heterocycles. The minimum atomic E-state index is -0.193. The largest absolute Gasteiger partial charge is 0.618 e. The van der Waals surface area contributed by atoms with Gasteiger partial charge in [-0.3, -0.25) is 0 Å². The van der Waals surface area contributed by atoms with Gasteiger partial charge in [0.05, 0.1) is 10.9 Å². The number of hydrogen-bond donors (Lipinski definition) is 2. The van der Waals surface area contributed by atoms with Crippen molar-refractivity contribution in [2.75, 3.05) is 11.9 Å². The molecule has 4 rings (SSSR count). The summed E-state index contributed by atoms with van der Waals surface area (Å²) >= 11 is 0. The highest BCUT2D eigenvalue weighted by Gasteiger charge is 2.18. The second-order valence-corrected chi connectivity index (χ2v) is 8.65. The molecule has 178 valence electrons. The van der Waals surface area contributed by atoms with Crippen LogP contribution in [0.1, 0.15) is 51.3 Å². The minimum Gasteiger partial charge on any atom is -0.618 e. The minimum absolute atomic E-state index is 0.193. The molecule has 0 bridgehead atoms. The van der Waals surface area contributed by atoms with Crippen LogP contribution in [0.4, 0.5) is 10.5 Å². The Labute approximate surface area is 200 Å². The van der Waals surface area contributed by atoms with Gasteiger partial charge in [0, 0.05) is 31.3 Å². The molecule has 2 aromatic heterocycles. The van der Waals surface area contributed by atoms with E-state index in [1.54, 1.807) is 6.20 Å². The molecule has 4 aromatic rings. The van der Waals surface area contributed by atoms with Crippen LogP contribution >= 0.6 is 0 Å². The molecule has 7 nitrogen and oxygen atoms in total. The van der Waals surface area contributed by atoms with Crippen LogP contribution in [0.5, 0.6) is 0 Å². The van der Waals surface area contributed by atoms with Gasteiger partial charge in [-0.25, -0.2) is 9.78 Å². The number of para-hydroxylation sites is 2. The maximum atomic E-state index is 12.5. The molecule has 0 saturated carbocycles. The van der Waals surface area contributed by atoms with Gasteiger partial charge in [0.15, 0.2) is 5.52 Å². The van der Waals surface area contributed by atoms with Crippen molar-refractivity contribution >= 4 is 33.7 Å². The lowest BCUT2D eigenvalue weighted by Gasteiger charge is -2.11. The summed E-state index contributed by atoms with van der Waals surface area (Å²) in [6.45, 7) is 3.61. The van der Waals surface area contributed by atoms with E-state index in [9.17, 15) is 10.0 Å². The number of carbonyl (C=O) groups is 1. The number of amides is 2. The first kappa shape index (κ1) is 23.5. The number of anilines is 1. The van der Waals surface area contributed by atoms with E-state index in [-0.39, 0.29) is 6.03 Å². The number of fused-ring (bicyclic) bond motifs is 3. The zero-order valence-corrected chi connectivity index (χ0v) is 19.8. The summed E-state index contributed by atoms with van der Waals surface area (Å²) < 4.78 is 3.21. The van der Waals surface area contributed by atoms with Crippen molar-refractivity contribution in [3.8, 4) is 0 Å². The van der Waals surface area contributed by atoms with Crippen LogP contribution in [-0.4, -0.2) is 22.1 Å². The van der Waals surface area contributed by atoms with Gasteiger partial charge in [-0.2, -0.15) is 4.73 Å². The molecule has 34 heavy (non-hydrogen) atoms. The molecule has 0 unspecified atom stereocenters. The second kappa shape index (κ2) is 11.5. The van der Waals surface area contributed by atoms with Crippen LogP contribution < -0.4 is 15.4 Å². The third-order valence-corrected chi connectivity index (χ3v) is 6.09. The van der Waals surface area contributed by atoms with E-state index >= 15 is 0 Å². The second-order valence-electron chi connectivity index (χ2n) is 8.65. The molecule has 0 fully saturated rings. The molecule has 0 atom stereocenters. The summed E-state index contributed by atoms with van der Waals surface area (Å²) in [5.41, 5.74) is 3.22. The van der Waals surface area contributed by atoms with E-state index < -0.39 is 0 Å². The third-order valence-electron chi connectivity index (χ3n) is 6.09. The summed E-state index contributed by atoms with van der Waals surface area (Å²) in [7, 11) is 0. The van der Waals surface area contributed by atoms with Gasteiger partial charge >= 0.3 is 6.03 Å². The maximum Gasteiger partial charge on any atom is 0.319 e. The molecule has 0 radical (unpaired) electrons. The van der Waals surface area contributed by atoms with E-state index in [1.807, 2.05) is 54.6 Å². The Kier molecular flexibility index (Phi) is 7.96. The van der Waals surface area contributed by atoms with E-state index in [2.05, 4.69) is 22.1 Å². The first-order chi connectivity index (χ1) is 16.7. The normalized spacial score (nSPS) is 11.2. The molecule has 0 spiro atoms. The molecular formula is C27H33N5O2. The zero-order valence-electron chi connectivity index (χ0n) is 19.8. The van der Waals surface area contributed by atoms with Gasteiger partial charge in [-0.05, 0) is 37.5 Å². The number of aryl methyl sites for hydroxylation is 2. The fraction of sp³-hybridized carbons (Fsp3) is 0.370. The number of benzene rings is 2. The first-order valence-electron chi connectivity index (χ1n) is 12.3. The van der Waals surface area contributed by atoms with Crippen LogP contribution in [0.15, 0.2) is 60.8 Å². The van der Waals surface area contributed by atoms with E-state index in [0.717, 1.165) is 64.9 Å². The fourth-order valence-corrected chi connectivity index (χ4v) is 4.37. The molecule has 7 heteroatoms. The van der Waals surface area contributed by atoms with Gasteiger partial charge in [0.25, 0.3) is 0 Å². The van der Waals surface area contributed by atoms with Crippen molar-refractivity contribution in [1.29, 1.82) is 0 Å². The van der Waals surface area contributed by atoms with Crippen molar-refractivity contribution in [1.82, 2.24) is 14.9 Å². The Bertz CT molecular complexity index is 1240. The molecule has 0 aliphatic carbocycles. The summed E-state index contributed by atoms with van der Waals surface area (Å²) in [5.74, 6) is 1.04. The summed E-state index contributed by atoms with van der Waals surface area (Å²) in [4.78, 5) is 17.0. The Morgan fingerprint density at radius 1 is 1.00 bits per heavy atom. The van der Waals surface area contributed by atoms with Gasteiger partial charge in [0.1, 0.15) is 5.82 Å². The Morgan fingerprint density at radius 3 is 2.62 bits per heavy atom. The number of unbranched alkanes of at least 4 members (excludes halogenated alkanes) is 4. The van der Waals surface area contributed by atoms with Gasteiger partial charge in [-0.15, -0.1) is 0 Å². The van der Waals surface area contributed by atoms with Gasteiger partial charge in [-0.1, -0.05) is 56.5 Å². The Hall–Kier alpha value is -3.61. The van der Waals surface area contributed by atoms with Crippen LogP contribution in [0, 0.1) is 5.21 Å².